The fourth-order valence-electron chi connectivity index (χ4n) is 3.41. The number of piperazine rings is 1. The van der Waals surface area contributed by atoms with Crippen LogP contribution >= 0.6 is 11.6 Å². The lowest BCUT2D eigenvalue weighted by Crippen LogP contribution is -2.57. The van der Waals surface area contributed by atoms with Crippen LogP contribution in [0.4, 0.5) is 0 Å². The van der Waals surface area contributed by atoms with Gasteiger partial charge < -0.3 is 20.3 Å². The molecule has 25 heavy (non-hydrogen) atoms. The molecule has 2 aliphatic heterocycles. The Morgan fingerprint density at radius 2 is 2.08 bits per heavy atom. The van der Waals surface area contributed by atoms with Gasteiger partial charge in [-0.15, -0.1) is 0 Å². The van der Waals surface area contributed by atoms with Crippen LogP contribution in [-0.2, 0) is 20.9 Å². The number of benzene rings is 1. The first-order valence-electron chi connectivity index (χ1n) is 8.69. The van der Waals surface area contributed by atoms with Crippen LogP contribution in [0.5, 0.6) is 0 Å². The van der Waals surface area contributed by atoms with E-state index < -0.39 is 6.04 Å². The van der Waals surface area contributed by atoms with Gasteiger partial charge in [-0.05, 0) is 36.5 Å². The van der Waals surface area contributed by atoms with Gasteiger partial charge in [-0.25, -0.2) is 0 Å². The van der Waals surface area contributed by atoms with Crippen LogP contribution in [0.25, 0.3) is 0 Å². The molecule has 7 heteroatoms. The molecule has 1 aromatic carbocycles. The summed E-state index contributed by atoms with van der Waals surface area (Å²) in [6.45, 7) is 2.93. The predicted octanol–water partition coefficient (Wildman–Crippen LogP) is 1.26. The van der Waals surface area contributed by atoms with Gasteiger partial charge in [0.2, 0.25) is 11.8 Å². The number of nitrogens with zero attached hydrogens (tertiary/aromatic N) is 2. The summed E-state index contributed by atoms with van der Waals surface area (Å²) in [7, 11) is 0. The van der Waals surface area contributed by atoms with Crippen molar-refractivity contribution in [1.82, 2.24) is 9.80 Å². The molecule has 2 heterocycles. The van der Waals surface area contributed by atoms with Crippen LogP contribution in [-0.4, -0.2) is 60.5 Å². The number of halogens is 1. The molecule has 3 rings (SSSR count). The maximum atomic E-state index is 12.6. The molecule has 0 spiro atoms. The van der Waals surface area contributed by atoms with Crippen molar-refractivity contribution in [2.24, 2.45) is 11.7 Å². The van der Waals surface area contributed by atoms with E-state index in [0.717, 1.165) is 18.4 Å². The number of amides is 2. The topological polar surface area (TPSA) is 75.9 Å². The highest BCUT2D eigenvalue weighted by Gasteiger charge is 2.33. The Morgan fingerprint density at radius 1 is 1.32 bits per heavy atom. The summed E-state index contributed by atoms with van der Waals surface area (Å²) in [5.41, 5.74) is 7.14. The van der Waals surface area contributed by atoms with Gasteiger partial charge in [-0.2, -0.15) is 0 Å². The van der Waals surface area contributed by atoms with E-state index in [2.05, 4.69) is 0 Å². The number of carbonyl (C=O) groups is 2. The third kappa shape index (κ3) is 4.51. The van der Waals surface area contributed by atoms with Crippen LogP contribution in [0, 0.1) is 5.92 Å². The van der Waals surface area contributed by atoms with E-state index in [0.29, 0.717) is 37.9 Å². The highest BCUT2D eigenvalue weighted by atomic mass is 35.5. The molecule has 6 nitrogen and oxygen atoms in total. The van der Waals surface area contributed by atoms with E-state index in [1.807, 2.05) is 18.2 Å². The minimum atomic E-state index is -0.545. The second-order valence-electron chi connectivity index (χ2n) is 6.68. The Morgan fingerprint density at radius 3 is 2.76 bits per heavy atom. The third-order valence-electron chi connectivity index (χ3n) is 4.95. The van der Waals surface area contributed by atoms with Gasteiger partial charge in [0.15, 0.2) is 0 Å². The number of hydrogen-bond donors (Lipinski definition) is 1. The van der Waals surface area contributed by atoms with E-state index in [1.54, 1.807) is 15.9 Å². The number of rotatable bonds is 4. The molecule has 0 radical (unpaired) electrons. The summed E-state index contributed by atoms with van der Waals surface area (Å²) in [4.78, 5) is 28.4. The van der Waals surface area contributed by atoms with E-state index in [-0.39, 0.29) is 24.3 Å². The van der Waals surface area contributed by atoms with Gasteiger partial charge in [-0.1, -0.05) is 23.7 Å². The van der Waals surface area contributed by atoms with Crippen molar-refractivity contribution in [3.05, 3.63) is 34.9 Å². The van der Waals surface area contributed by atoms with Crippen molar-refractivity contribution in [3.63, 3.8) is 0 Å². The lowest BCUT2D eigenvalue weighted by Gasteiger charge is -2.37. The maximum absolute atomic E-state index is 12.6. The number of nitrogens with two attached hydrogens (primary N) is 1. The Balaban J connectivity index is 1.55. The monoisotopic (exact) mass is 365 g/mol. The summed E-state index contributed by atoms with van der Waals surface area (Å²) in [6, 6.07) is 6.93. The summed E-state index contributed by atoms with van der Waals surface area (Å²) in [5, 5.41) is 0.654. The Bertz CT molecular complexity index is 634. The zero-order valence-electron chi connectivity index (χ0n) is 14.2. The molecular formula is C18H24ClN3O3. The summed E-state index contributed by atoms with van der Waals surface area (Å²) in [5.74, 6) is -0.0396. The summed E-state index contributed by atoms with van der Waals surface area (Å²) in [6.07, 6.45) is 1.60. The van der Waals surface area contributed by atoms with Crippen LogP contribution < -0.4 is 5.73 Å². The van der Waals surface area contributed by atoms with Crippen molar-refractivity contribution in [1.29, 1.82) is 0 Å². The molecule has 1 unspecified atom stereocenters. The van der Waals surface area contributed by atoms with Crippen LogP contribution in [0.2, 0.25) is 5.02 Å². The lowest BCUT2D eigenvalue weighted by atomic mass is 9.91. The molecule has 2 aliphatic rings. The highest BCUT2D eigenvalue weighted by molar-refractivity contribution is 6.30. The quantitative estimate of drug-likeness (QED) is 0.871. The van der Waals surface area contributed by atoms with E-state index in [9.17, 15) is 9.59 Å². The highest BCUT2D eigenvalue weighted by Crippen LogP contribution is 2.20. The standard InChI is InChI=1S/C18H24ClN3O3/c19-15-3-1-2-13(10-15)11-21-6-7-22(12-16(21)23)18(24)17(20)14-4-8-25-9-5-14/h1-3,10,14,17H,4-9,11-12,20H2. The zero-order chi connectivity index (χ0) is 17.8. The van der Waals surface area contributed by atoms with Crippen molar-refractivity contribution < 1.29 is 14.3 Å². The SMILES string of the molecule is NC(C(=O)N1CCN(Cc2cccc(Cl)c2)C(=O)C1)C1CCOCC1. The van der Waals surface area contributed by atoms with E-state index in [1.165, 1.54) is 0 Å². The first-order chi connectivity index (χ1) is 12.0. The van der Waals surface area contributed by atoms with Gasteiger partial charge >= 0.3 is 0 Å². The molecule has 0 aliphatic carbocycles. The predicted molar refractivity (Wildman–Crippen MR) is 95.0 cm³/mol. The Labute approximate surface area is 152 Å². The normalized spacial score (nSPS) is 20.6. The fraction of sp³-hybridized carbons (Fsp3) is 0.556. The first kappa shape index (κ1) is 18.2. The van der Waals surface area contributed by atoms with Gasteiger partial charge in [0, 0.05) is 37.9 Å². The molecule has 0 aromatic heterocycles. The average Bonchev–Trinajstić information content (AvgIpc) is 2.63. The molecule has 0 bridgehead atoms. The van der Waals surface area contributed by atoms with Crippen molar-refractivity contribution in [2.75, 3.05) is 32.8 Å². The summed E-state index contributed by atoms with van der Waals surface area (Å²) >= 11 is 5.99. The van der Waals surface area contributed by atoms with E-state index >= 15 is 0 Å². The van der Waals surface area contributed by atoms with Crippen LogP contribution in [0.15, 0.2) is 24.3 Å². The lowest BCUT2D eigenvalue weighted by molar-refractivity contribution is -0.147. The molecular weight excluding hydrogens is 342 g/mol. The third-order valence-corrected chi connectivity index (χ3v) is 5.19. The molecule has 0 saturated carbocycles. The van der Waals surface area contributed by atoms with Gasteiger partial charge in [-0.3, -0.25) is 9.59 Å². The Kier molecular flexibility index (Phi) is 5.93. The number of carbonyl (C=O) groups excluding carboxylic acids is 2. The Hall–Kier alpha value is -1.63. The molecule has 1 aromatic rings. The minimum Gasteiger partial charge on any atom is -0.381 e. The van der Waals surface area contributed by atoms with Crippen molar-refractivity contribution in [3.8, 4) is 0 Å². The maximum Gasteiger partial charge on any atom is 0.242 e. The van der Waals surface area contributed by atoms with E-state index in [4.69, 9.17) is 22.1 Å². The molecule has 2 saturated heterocycles. The zero-order valence-corrected chi connectivity index (χ0v) is 15.0. The second kappa shape index (κ2) is 8.17. The molecule has 2 amide bonds. The van der Waals surface area contributed by atoms with Gasteiger partial charge in [0.1, 0.15) is 0 Å². The van der Waals surface area contributed by atoms with Crippen molar-refractivity contribution in [2.45, 2.75) is 25.4 Å². The second-order valence-corrected chi connectivity index (χ2v) is 7.12. The number of hydrogen-bond acceptors (Lipinski definition) is 4. The minimum absolute atomic E-state index is 0.0567. The van der Waals surface area contributed by atoms with Crippen molar-refractivity contribution >= 4 is 23.4 Å². The largest absolute Gasteiger partial charge is 0.381 e. The molecule has 136 valence electrons. The van der Waals surface area contributed by atoms with Crippen LogP contribution in [0.3, 0.4) is 0 Å². The van der Waals surface area contributed by atoms with Gasteiger partial charge in [0.05, 0.1) is 12.6 Å². The van der Waals surface area contributed by atoms with Crippen LogP contribution in [0.1, 0.15) is 18.4 Å². The molecule has 2 N–H and O–H groups in total. The smallest absolute Gasteiger partial charge is 0.242 e. The fourth-order valence-corrected chi connectivity index (χ4v) is 3.62. The average molecular weight is 366 g/mol. The van der Waals surface area contributed by atoms with Gasteiger partial charge in [0.25, 0.3) is 0 Å². The molecule has 1 atom stereocenters. The number of ether oxygens (including phenoxy) is 1. The summed E-state index contributed by atoms with van der Waals surface area (Å²) < 4.78 is 5.32. The molecule has 2 fully saturated rings. The first-order valence-corrected chi connectivity index (χ1v) is 9.06.